The average Bonchev–Trinajstić information content (AvgIpc) is 3.22. The Morgan fingerprint density at radius 3 is 2.61 bits per heavy atom. The lowest BCUT2D eigenvalue weighted by atomic mass is 9.91. The van der Waals surface area contributed by atoms with Crippen LogP contribution in [-0.2, 0) is 0 Å². The van der Waals surface area contributed by atoms with Crippen LogP contribution < -0.4 is 15.4 Å². The topological polar surface area (TPSA) is 68.2 Å². The lowest BCUT2D eigenvalue weighted by Gasteiger charge is -2.25. The van der Waals surface area contributed by atoms with Gasteiger partial charge in [-0.25, -0.2) is 4.68 Å². The number of ether oxygens (including phenoxy) is 1. The van der Waals surface area contributed by atoms with E-state index in [1.807, 2.05) is 4.68 Å². The number of amides is 1. The zero-order valence-corrected chi connectivity index (χ0v) is 18.8. The number of halogens is 1. The number of aryl methyl sites for hydroxylation is 2. The van der Waals surface area contributed by atoms with E-state index in [0.717, 1.165) is 37.3 Å². The molecule has 1 amide bonds. The molecule has 1 saturated heterocycles. The molecule has 0 radical (unpaired) electrons. The lowest BCUT2D eigenvalue weighted by Crippen LogP contribution is -2.29. The molecule has 0 spiro atoms. The van der Waals surface area contributed by atoms with Gasteiger partial charge < -0.3 is 15.4 Å². The van der Waals surface area contributed by atoms with Gasteiger partial charge in [0.2, 0.25) is 0 Å². The fourth-order valence-electron chi connectivity index (χ4n) is 4.03. The number of piperidine rings is 1. The highest BCUT2D eigenvalue weighted by Crippen LogP contribution is 2.32. The van der Waals surface area contributed by atoms with Gasteiger partial charge in [-0.2, -0.15) is 5.10 Å². The van der Waals surface area contributed by atoms with Crippen molar-refractivity contribution >= 4 is 23.2 Å². The maximum absolute atomic E-state index is 13.3. The van der Waals surface area contributed by atoms with Crippen LogP contribution >= 0.6 is 11.6 Å². The molecular weight excluding hydrogens is 412 g/mol. The highest BCUT2D eigenvalue weighted by atomic mass is 35.5. The SMILES string of the molecule is COc1ccc(NC(=O)c2cnn(-c3ccc(C)c(C)c3)c2C2CCNCC2)cc1Cl. The smallest absolute Gasteiger partial charge is 0.259 e. The zero-order valence-electron chi connectivity index (χ0n) is 18.0. The van der Waals surface area contributed by atoms with Crippen LogP contribution in [0.25, 0.3) is 5.69 Å². The Morgan fingerprint density at radius 2 is 1.94 bits per heavy atom. The van der Waals surface area contributed by atoms with E-state index in [-0.39, 0.29) is 11.8 Å². The molecule has 31 heavy (non-hydrogen) atoms. The summed E-state index contributed by atoms with van der Waals surface area (Å²) in [5.41, 5.74) is 5.57. The number of benzene rings is 2. The van der Waals surface area contributed by atoms with Gasteiger partial charge in [0.25, 0.3) is 5.91 Å². The van der Waals surface area contributed by atoms with Crippen LogP contribution in [0.5, 0.6) is 5.75 Å². The van der Waals surface area contributed by atoms with Crippen molar-refractivity contribution in [3.8, 4) is 11.4 Å². The van der Waals surface area contributed by atoms with E-state index in [0.29, 0.717) is 22.0 Å². The third-order valence-corrected chi connectivity index (χ3v) is 6.22. The number of aromatic nitrogens is 2. The molecule has 162 valence electrons. The predicted molar refractivity (Wildman–Crippen MR) is 124 cm³/mol. The molecule has 0 atom stereocenters. The van der Waals surface area contributed by atoms with Crippen molar-refractivity contribution in [3.05, 3.63) is 70.0 Å². The van der Waals surface area contributed by atoms with E-state index in [4.69, 9.17) is 16.3 Å². The predicted octanol–water partition coefficient (Wildman–Crippen LogP) is 4.87. The Hall–Kier alpha value is -2.83. The summed E-state index contributed by atoms with van der Waals surface area (Å²) in [4.78, 5) is 13.3. The second kappa shape index (κ2) is 9.12. The number of rotatable bonds is 5. The molecule has 1 aliphatic heterocycles. The number of nitrogens with zero attached hydrogens (tertiary/aromatic N) is 2. The molecule has 0 saturated carbocycles. The van der Waals surface area contributed by atoms with Crippen molar-refractivity contribution < 1.29 is 9.53 Å². The van der Waals surface area contributed by atoms with Crippen molar-refractivity contribution in [2.45, 2.75) is 32.6 Å². The molecular formula is C24H27ClN4O2. The highest BCUT2D eigenvalue weighted by molar-refractivity contribution is 6.32. The number of methoxy groups -OCH3 is 1. The maximum atomic E-state index is 13.3. The number of hydrogen-bond donors (Lipinski definition) is 2. The minimum atomic E-state index is -0.190. The van der Waals surface area contributed by atoms with Crippen molar-refractivity contribution in [2.75, 3.05) is 25.5 Å². The Bertz CT molecular complexity index is 1100. The van der Waals surface area contributed by atoms with Crippen LogP contribution in [0, 0.1) is 13.8 Å². The fourth-order valence-corrected chi connectivity index (χ4v) is 4.28. The van der Waals surface area contributed by atoms with E-state index < -0.39 is 0 Å². The van der Waals surface area contributed by atoms with E-state index in [9.17, 15) is 4.79 Å². The lowest BCUT2D eigenvalue weighted by molar-refractivity contribution is 0.102. The Kier molecular flexibility index (Phi) is 6.30. The van der Waals surface area contributed by atoms with Crippen LogP contribution in [0.1, 0.15) is 45.9 Å². The van der Waals surface area contributed by atoms with Gasteiger partial charge in [-0.05, 0) is 81.2 Å². The second-order valence-electron chi connectivity index (χ2n) is 7.95. The minimum Gasteiger partial charge on any atom is -0.495 e. The summed E-state index contributed by atoms with van der Waals surface area (Å²) in [6.45, 7) is 6.04. The standard InChI is InChI=1S/C24H27ClN4O2/c1-15-4-6-19(12-16(15)2)29-23(17-8-10-26-11-9-17)20(14-27-29)24(30)28-18-5-7-22(31-3)21(25)13-18/h4-7,12-14,17,26H,8-11H2,1-3H3,(H,28,30). The van der Waals surface area contributed by atoms with Crippen LogP contribution in [0.2, 0.25) is 5.02 Å². The van der Waals surface area contributed by atoms with Gasteiger partial charge in [-0.3, -0.25) is 4.79 Å². The van der Waals surface area contributed by atoms with Gasteiger partial charge in [0.05, 0.1) is 35.3 Å². The number of anilines is 1. The molecule has 1 aliphatic rings. The molecule has 3 aromatic rings. The first kappa shape index (κ1) is 21.4. The molecule has 2 heterocycles. The van der Waals surface area contributed by atoms with Crippen LogP contribution in [0.4, 0.5) is 5.69 Å². The number of hydrogen-bond acceptors (Lipinski definition) is 4. The molecule has 1 aromatic heterocycles. The molecule has 0 aliphatic carbocycles. The van der Waals surface area contributed by atoms with E-state index >= 15 is 0 Å². The first-order chi connectivity index (χ1) is 15.0. The largest absolute Gasteiger partial charge is 0.495 e. The fraction of sp³-hybridized carbons (Fsp3) is 0.333. The number of carbonyl (C=O) groups is 1. The summed E-state index contributed by atoms with van der Waals surface area (Å²) in [5, 5.41) is 11.4. The van der Waals surface area contributed by atoms with Gasteiger partial charge >= 0.3 is 0 Å². The van der Waals surface area contributed by atoms with Crippen LogP contribution in [-0.4, -0.2) is 35.9 Å². The van der Waals surface area contributed by atoms with Crippen molar-refractivity contribution in [1.82, 2.24) is 15.1 Å². The summed E-state index contributed by atoms with van der Waals surface area (Å²) < 4.78 is 7.12. The molecule has 7 heteroatoms. The van der Waals surface area contributed by atoms with E-state index in [1.165, 1.54) is 11.1 Å². The third kappa shape index (κ3) is 4.45. The minimum absolute atomic E-state index is 0.190. The van der Waals surface area contributed by atoms with Crippen LogP contribution in [0.3, 0.4) is 0 Å². The quantitative estimate of drug-likeness (QED) is 0.596. The van der Waals surface area contributed by atoms with Crippen molar-refractivity contribution in [2.24, 2.45) is 0 Å². The summed E-state index contributed by atoms with van der Waals surface area (Å²) in [5.74, 6) is 0.632. The van der Waals surface area contributed by atoms with Gasteiger partial charge in [-0.1, -0.05) is 17.7 Å². The van der Waals surface area contributed by atoms with Crippen LogP contribution in [0.15, 0.2) is 42.6 Å². The Labute approximate surface area is 187 Å². The molecule has 0 bridgehead atoms. The normalized spacial score (nSPS) is 14.5. The zero-order chi connectivity index (χ0) is 22.0. The first-order valence-corrected chi connectivity index (χ1v) is 10.9. The summed E-state index contributed by atoms with van der Waals surface area (Å²) in [6, 6.07) is 11.5. The Morgan fingerprint density at radius 1 is 1.16 bits per heavy atom. The Balaban J connectivity index is 1.71. The average molecular weight is 439 g/mol. The monoisotopic (exact) mass is 438 g/mol. The van der Waals surface area contributed by atoms with Gasteiger partial charge in [0, 0.05) is 11.6 Å². The number of carbonyl (C=O) groups excluding carboxylic acids is 1. The number of nitrogens with one attached hydrogen (secondary N) is 2. The molecule has 2 N–H and O–H groups in total. The first-order valence-electron chi connectivity index (χ1n) is 10.5. The summed E-state index contributed by atoms with van der Waals surface area (Å²) in [7, 11) is 1.56. The molecule has 2 aromatic carbocycles. The molecule has 0 unspecified atom stereocenters. The molecule has 4 rings (SSSR count). The van der Waals surface area contributed by atoms with E-state index in [1.54, 1.807) is 31.5 Å². The maximum Gasteiger partial charge on any atom is 0.259 e. The van der Waals surface area contributed by atoms with Gasteiger partial charge in [0.1, 0.15) is 5.75 Å². The third-order valence-electron chi connectivity index (χ3n) is 5.92. The summed E-state index contributed by atoms with van der Waals surface area (Å²) >= 11 is 6.22. The van der Waals surface area contributed by atoms with Gasteiger partial charge in [0.15, 0.2) is 0 Å². The molecule has 6 nitrogen and oxygen atoms in total. The summed E-state index contributed by atoms with van der Waals surface area (Å²) in [6.07, 6.45) is 3.60. The highest BCUT2D eigenvalue weighted by Gasteiger charge is 2.27. The van der Waals surface area contributed by atoms with E-state index in [2.05, 4.69) is 47.8 Å². The molecule has 1 fully saturated rings. The van der Waals surface area contributed by atoms with Crippen molar-refractivity contribution in [3.63, 3.8) is 0 Å². The van der Waals surface area contributed by atoms with Crippen molar-refractivity contribution in [1.29, 1.82) is 0 Å². The van der Waals surface area contributed by atoms with Gasteiger partial charge in [-0.15, -0.1) is 0 Å². The second-order valence-corrected chi connectivity index (χ2v) is 8.36.